The van der Waals surface area contributed by atoms with Crippen LogP contribution in [0.1, 0.15) is 18.5 Å². The molecule has 2 atom stereocenters. The summed E-state index contributed by atoms with van der Waals surface area (Å²) in [7, 11) is 0. The summed E-state index contributed by atoms with van der Waals surface area (Å²) < 4.78 is 0.746. The van der Waals surface area contributed by atoms with Crippen molar-refractivity contribution in [1.82, 2.24) is 10.9 Å². The predicted molar refractivity (Wildman–Crippen MR) is 58.9 cm³/mol. The zero-order valence-corrected chi connectivity index (χ0v) is 9.51. The topological polar surface area (TPSA) is 44.3 Å². The van der Waals surface area contributed by atoms with E-state index < -0.39 is 0 Å². The standard InChI is InChI=1S/C10H13BrN2O/c1-6-5-12-13-10(6)7-2-3-9(14)8(11)4-7/h2-4,6,10,12-14H,5H2,1H3. The highest BCUT2D eigenvalue weighted by atomic mass is 79.9. The molecule has 4 heteroatoms. The minimum absolute atomic E-state index is 0.285. The van der Waals surface area contributed by atoms with Crippen LogP contribution in [0.5, 0.6) is 5.75 Å². The molecule has 1 fully saturated rings. The molecule has 76 valence electrons. The molecule has 0 bridgehead atoms. The van der Waals surface area contributed by atoms with Crippen molar-refractivity contribution < 1.29 is 5.11 Å². The molecule has 0 radical (unpaired) electrons. The molecule has 1 saturated heterocycles. The highest BCUT2D eigenvalue weighted by molar-refractivity contribution is 9.10. The minimum atomic E-state index is 0.285. The first-order valence-corrected chi connectivity index (χ1v) is 5.44. The van der Waals surface area contributed by atoms with E-state index in [1.165, 1.54) is 5.56 Å². The van der Waals surface area contributed by atoms with E-state index in [1.807, 2.05) is 12.1 Å². The largest absolute Gasteiger partial charge is 0.507 e. The Morgan fingerprint density at radius 3 is 2.86 bits per heavy atom. The van der Waals surface area contributed by atoms with Gasteiger partial charge < -0.3 is 5.11 Å². The third-order valence-corrected chi connectivity index (χ3v) is 3.22. The average molecular weight is 257 g/mol. The van der Waals surface area contributed by atoms with Gasteiger partial charge in [-0.1, -0.05) is 13.0 Å². The van der Waals surface area contributed by atoms with Gasteiger partial charge in [0.25, 0.3) is 0 Å². The van der Waals surface area contributed by atoms with Crippen molar-refractivity contribution in [3.63, 3.8) is 0 Å². The second kappa shape index (κ2) is 3.88. The van der Waals surface area contributed by atoms with Crippen LogP contribution in [-0.4, -0.2) is 11.7 Å². The van der Waals surface area contributed by atoms with Gasteiger partial charge in [0, 0.05) is 6.54 Å². The summed E-state index contributed by atoms with van der Waals surface area (Å²) in [4.78, 5) is 0. The summed E-state index contributed by atoms with van der Waals surface area (Å²) in [6.45, 7) is 3.17. The number of rotatable bonds is 1. The summed E-state index contributed by atoms with van der Waals surface area (Å²) in [6, 6.07) is 5.94. The summed E-state index contributed by atoms with van der Waals surface area (Å²) in [5.41, 5.74) is 7.53. The second-order valence-electron chi connectivity index (χ2n) is 3.69. The van der Waals surface area contributed by atoms with Crippen molar-refractivity contribution in [1.29, 1.82) is 0 Å². The first-order valence-electron chi connectivity index (χ1n) is 4.65. The van der Waals surface area contributed by atoms with E-state index >= 15 is 0 Å². The highest BCUT2D eigenvalue weighted by Crippen LogP contribution is 2.30. The second-order valence-corrected chi connectivity index (χ2v) is 4.55. The Balaban J connectivity index is 2.28. The Kier molecular flexibility index (Phi) is 2.76. The molecule has 0 spiro atoms. The molecule has 0 aromatic heterocycles. The third-order valence-electron chi connectivity index (χ3n) is 2.58. The number of hydrogen-bond acceptors (Lipinski definition) is 3. The van der Waals surface area contributed by atoms with E-state index in [0.717, 1.165) is 11.0 Å². The van der Waals surface area contributed by atoms with Crippen LogP contribution in [0.2, 0.25) is 0 Å². The first kappa shape index (κ1) is 9.96. The van der Waals surface area contributed by atoms with Gasteiger partial charge in [-0.05, 0) is 39.5 Å². The van der Waals surface area contributed by atoms with Gasteiger partial charge in [0.2, 0.25) is 0 Å². The Morgan fingerprint density at radius 1 is 1.50 bits per heavy atom. The predicted octanol–water partition coefficient (Wildman–Crippen LogP) is 1.94. The normalized spacial score (nSPS) is 26.7. The maximum atomic E-state index is 9.37. The van der Waals surface area contributed by atoms with Crippen LogP contribution < -0.4 is 10.9 Å². The molecule has 1 aromatic carbocycles. The number of aromatic hydroxyl groups is 1. The zero-order valence-electron chi connectivity index (χ0n) is 7.92. The molecule has 2 unspecified atom stereocenters. The minimum Gasteiger partial charge on any atom is -0.507 e. The fourth-order valence-electron chi connectivity index (χ4n) is 1.72. The molecule has 1 aliphatic rings. The lowest BCUT2D eigenvalue weighted by Gasteiger charge is -2.15. The van der Waals surface area contributed by atoms with Crippen molar-refractivity contribution in [3.8, 4) is 5.75 Å². The number of hydrogen-bond donors (Lipinski definition) is 3. The van der Waals surface area contributed by atoms with Crippen LogP contribution in [0.3, 0.4) is 0 Å². The number of nitrogens with one attached hydrogen (secondary N) is 2. The van der Waals surface area contributed by atoms with Crippen LogP contribution >= 0.6 is 15.9 Å². The summed E-state index contributed by atoms with van der Waals surface area (Å²) in [6.07, 6.45) is 0. The van der Waals surface area contributed by atoms with Gasteiger partial charge in [-0.25, -0.2) is 0 Å². The van der Waals surface area contributed by atoms with Gasteiger partial charge >= 0.3 is 0 Å². The molecule has 0 amide bonds. The van der Waals surface area contributed by atoms with Crippen molar-refractivity contribution in [2.45, 2.75) is 13.0 Å². The van der Waals surface area contributed by atoms with E-state index in [0.29, 0.717) is 12.0 Å². The molecular formula is C10H13BrN2O. The fraction of sp³-hybridized carbons (Fsp3) is 0.400. The summed E-state index contributed by atoms with van der Waals surface area (Å²) in [5, 5.41) is 9.37. The molecule has 1 aliphatic heterocycles. The lowest BCUT2D eigenvalue weighted by atomic mass is 9.97. The molecule has 2 rings (SSSR count). The van der Waals surface area contributed by atoms with Crippen LogP contribution in [0.4, 0.5) is 0 Å². The Labute approximate surface area is 91.6 Å². The average Bonchev–Trinajstić information content (AvgIpc) is 2.57. The highest BCUT2D eigenvalue weighted by Gasteiger charge is 2.24. The molecule has 0 aliphatic carbocycles. The lowest BCUT2D eigenvalue weighted by Crippen LogP contribution is -2.24. The molecule has 14 heavy (non-hydrogen) atoms. The number of benzene rings is 1. The summed E-state index contributed by atoms with van der Waals surface area (Å²) in [5.74, 6) is 0.846. The molecule has 1 aromatic rings. The van der Waals surface area contributed by atoms with Crippen LogP contribution in [0, 0.1) is 5.92 Å². The van der Waals surface area contributed by atoms with E-state index in [2.05, 4.69) is 33.7 Å². The molecule has 0 saturated carbocycles. The maximum Gasteiger partial charge on any atom is 0.129 e. The van der Waals surface area contributed by atoms with E-state index in [1.54, 1.807) is 6.07 Å². The van der Waals surface area contributed by atoms with E-state index in [4.69, 9.17) is 0 Å². The lowest BCUT2D eigenvalue weighted by molar-refractivity contribution is 0.468. The van der Waals surface area contributed by atoms with Crippen molar-refractivity contribution in [2.75, 3.05) is 6.54 Å². The van der Waals surface area contributed by atoms with Crippen molar-refractivity contribution in [2.24, 2.45) is 5.92 Å². The molecular weight excluding hydrogens is 244 g/mol. The van der Waals surface area contributed by atoms with Gasteiger partial charge in [0.15, 0.2) is 0 Å². The number of phenols is 1. The molecule has 3 nitrogen and oxygen atoms in total. The quantitative estimate of drug-likeness (QED) is 0.720. The van der Waals surface area contributed by atoms with Crippen LogP contribution in [-0.2, 0) is 0 Å². The SMILES string of the molecule is CC1CNNC1c1ccc(O)c(Br)c1. The van der Waals surface area contributed by atoms with Crippen molar-refractivity contribution in [3.05, 3.63) is 28.2 Å². The third kappa shape index (κ3) is 1.78. The molecule has 1 heterocycles. The van der Waals surface area contributed by atoms with Gasteiger partial charge in [-0.15, -0.1) is 0 Å². The Morgan fingerprint density at radius 2 is 2.29 bits per heavy atom. The van der Waals surface area contributed by atoms with Gasteiger partial charge in [0.1, 0.15) is 5.75 Å². The summed E-state index contributed by atoms with van der Waals surface area (Å²) >= 11 is 3.31. The van der Waals surface area contributed by atoms with Gasteiger partial charge in [-0.2, -0.15) is 0 Å². The van der Waals surface area contributed by atoms with Crippen LogP contribution in [0.15, 0.2) is 22.7 Å². The van der Waals surface area contributed by atoms with E-state index in [9.17, 15) is 5.11 Å². The maximum absolute atomic E-state index is 9.37. The van der Waals surface area contributed by atoms with Crippen molar-refractivity contribution >= 4 is 15.9 Å². The smallest absolute Gasteiger partial charge is 0.129 e. The number of halogens is 1. The fourth-order valence-corrected chi connectivity index (χ4v) is 2.11. The Hall–Kier alpha value is -0.580. The number of phenolic OH excluding ortho intramolecular Hbond substituents is 1. The van der Waals surface area contributed by atoms with Gasteiger partial charge in [0.05, 0.1) is 10.5 Å². The van der Waals surface area contributed by atoms with Crippen LogP contribution in [0.25, 0.3) is 0 Å². The first-order chi connectivity index (χ1) is 6.68. The monoisotopic (exact) mass is 256 g/mol. The zero-order chi connectivity index (χ0) is 10.1. The van der Waals surface area contributed by atoms with E-state index in [-0.39, 0.29) is 5.75 Å². The van der Waals surface area contributed by atoms with Gasteiger partial charge in [-0.3, -0.25) is 10.9 Å². The number of hydrazine groups is 1. The molecule has 3 N–H and O–H groups in total. The Bertz CT molecular complexity index is 343.